The molecule has 1 atom stereocenters. The second kappa shape index (κ2) is 14.0. The van der Waals surface area contributed by atoms with Gasteiger partial charge >= 0.3 is 13.8 Å². The third-order valence-corrected chi connectivity index (χ3v) is 7.27. The average molecular weight is 604 g/mol. The number of hydrogen-bond acceptors (Lipinski definition) is 13. The number of nitrogens with zero attached hydrogens (tertiary/aromatic N) is 3. The molecule has 0 amide bonds. The SMILES string of the molecule is COc1ccc(OC(=O)OCOP(=O)(COCCn2cnc3c(=O)[nH]c(N)nc32)OCc2ccc(C)cc2)cc1OC. The molecule has 0 radical (unpaired) electrons. The van der Waals surface area contributed by atoms with Gasteiger partial charge in [0.1, 0.15) is 12.1 Å². The molecule has 16 heteroatoms. The van der Waals surface area contributed by atoms with Gasteiger partial charge in [0.05, 0.1) is 33.8 Å². The Morgan fingerprint density at radius 3 is 2.57 bits per heavy atom. The summed E-state index contributed by atoms with van der Waals surface area (Å²) in [4.78, 5) is 34.7. The number of ether oxygens (including phenoxy) is 5. The maximum atomic E-state index is 13.5. The molecule has 2 heterocycles. The number of anilines is 1. The Hall–Kier alpha value is -4.43. The highest BCUT2D eigenvalue weighted by atomic mass is 31.2. The molecule has 0 bridgehead atoms. The third-order valence-electron chi connectivity index (χ3n) is 5.75. The van der Waals surface area contributed by atoms with E-state index in [1.54, 1.807) is 10.6 Å². The summed E-state index contributed by atoms with van der Waals surface area (Å²) >= 11 is 0. The van der Waals surface area contributed by atoms with E-state index in [1.165, 1.54) is 32.7 Å². The number of aromatic amines is 1. The van der Waals surface area contributed by atoms with Crippen molar-refractivity contribution in [1.29, 1.82) is 0 Å². The van der Waals surface area contributed by atoms with Crippen LogP contribution in [0.2, 0.25) is 0 Å². The van der Waals surface area contributed by atoms with Crippen LogP contribution >= 0.6 is 7.60 Å². The molecular formula is C26H30N5O10P. The molecule has 3 N–H and O–H groups in total. The van der Waals surface area contributed by atoms with Gasteiger partial charge in [-0.3, -0.25) is 18.9 Å². The number of nitrogen functional groups attached to an aromatic ring is 1. The summed E-state index contributed by atoms with van der Waals surface area (Å²) in [6.07, 6.45) is -0.158. The van der Waals surface area contributed by atoms with E-state index in [1.807, 2.05) is 31.2 Å². The van der Waals surface area contributed by atoms with Gasteiger partial charge in [-0.2, -0.15) is 4.98 Å². The molecule has 0 saturated carbocycles. The number of nitrogens with two attached hydrogens (primary N) is 1. The fourth-order valence-corrected chi connectivity index (χ4v) is 4.74. The number of rotatable bonds is 14. The highest BCUT2D eigenvalue weighted by Gasteiger charge is 2.27. The number of imidazole rings is 1. The van der Waals surface area contributed by atoms with Crippen molar-refractivity contribution in [3.8, 4) is 17.2 Å². The lowest BCUT2D eigenvalue weighted by atomic mass is 10.2. The van der Waals surface area contributed by atoms with Crippen LogP contribution in [0.25, 0.3) is 11.2 Å². The van der Waals surface area contributed by atoms with Crippen LogP contribution in [0.15, 0.2) is 53.6 Å². The Labute approximate surface area is 240 Å². The summed E-state index contributed by atoms with van der Waals surface area (Å²) in [5, 5.41) is 0. The van der Waals surface area contributed by atoms with Gasteiger partial charge in [0.15, 0.2) is 22.7 Å². The van der Waals surface area contributed by atoms with Crippen LogP contribution < -0.4 is 25.5 Å². The molecule has 2 aromatic carbocycles. The lowest BCUT2D eigenvalue weighted by Crippen LogP contribution is -2.15. The molecule has 42 heavy (non-hydrogen) atoms. The number of carbonyl (C=O) groups excluding carboxylic acids is 1. The molecule has 4 aromatic rings. The predicted molar refractivity (Wildman–Crippen MR) is 150 cm³/mol. The lowest BCUT2D eigenvalue weighted by Gasteiger charge is -2.19. The molecule has 0 saturated heterocycles. The predicted octanol–water partition coefficient (Wildman–Crippen LogP) is 3.60. The summed E-state index contributed by atoms with van der Waals surface area (Å²) in [7, 11) is -1.02. The summed E-state index contributed by atoms with van der Waals surface area (Å²) in [6.45, 7) is 1.39. The Morgan fingerprint density at radius 2 is 1.83 bits per heavy atom. The van der Waals surface area contributed by atoms with Crippen molar-refractivity contribution < 1.29 is 42.1 Å². The molecule has 1 unspecified atom stereocenters. The van der Waals surface area contributed by atoms with Crippen molar-refractivity contribution in [2.24, 2.45) is 0 Å². The molecular weight excluding hydrogens is 573 g/mol. The van der Waals surface area contributed by atoms with E-state index in [2.05, 4.69) is 15.0 Å². The second-order valence-corrected chi connectivity index (χ2v) is 10.7. The number of methoxy groups -OCH3 is 2. The Bertz CT molecular complexity index is 1620. The van der Waals surface area contributed by atoms with E-state index in [0.717, 1.165) is 11.1 Å². The van der Waals surface area contributed by atoms with E-state index >= 15 is 0 Å². The Morgan fingerprint density at radius 1 is 1.07 bits per heavy atom. The number of benzene rings is 2. The zero-order chi connectivity index (χ0) is 30.1. The molecule has 0 aliphatic carbocycles. The monoisotopic (exact) mass is 603 g/mol. The van der Waals surface area contributed by atoms with Gasteiger partial charge in [0.25, 0.3) is 5.56 Å². The summed E-state index contributed by atoms with van der Waals surface area (Å²) in [6, 6.07) is 11.9. The minimum absolute atomic E-state index is 0.0310. The number of fused-ring (bicyclic) bond motifs is 1. The van der Waals surface area contributed by atoms with Gasteiger partial charge in [-0.1, -0.05) is 29.8 Å². The number of hydrogen-bond donors (Lipinski definition) is 2. The normalized spacial score (nSPS) is 12.5. The molecule has 0 aliphatic heterocycles. The summed E-state index contributed by atoms with van der Waals surface area (Å²) in [5.74, 6) is 0.871. The lowest BCUT2D eigenvalue weighted by molar-refractivity contribution is 0.0153. The smallest absolute Gasteiger partial charge is 0.493 e. The number of carbonyl (C=O) groups is 1. The largest absolute Gasteiger partial charge is 0.515 e. The number of aryl methyl sites for hydroxylation is 1. The van der Waals surface area contributed by atoms with Crippen LogP contribution in [0.1, 0.15) is 11.1 Å². The standard InChI is InChI=1S/C26H30N5O10P/c1-17-4-6-18(7-5-17)13-39-42(34,16-37-11-10-31-14-28-22-23(31)29-25(27)30-24(22)32)40-15-38-26(33)41-19-8-9-20(35-2)21(12-19)36-3/h4-9,12,14H,10-11,13,15-16H2,1-3H3,(H3,27,29,30,32). The van der Waals surface area contributed by atoms with Crippen molar-refractivity contribution in [2.75, 3.05) is 39.7 Å². The highest BCUT2D eigenvalue weighted by Crippen LogP contribution is 2.49. The molecule has 0 spiro atoms. The average Bonchev–Trinajstić information content (AvgIpc) is 3.38. The van der Waals surface area contributed by atoms with Crippen molar-refractivity contribution in [3.63, 3.8) is 0 Å². The van der Waals surface area contributed by atoms with Crippen LogP contribution in [0.3, 0.4) is 0 Å². The maximum Gasteiger partial charge on any atom is 0.515 e. The van der Waals surface area contributed by atoms with E-state index in [9.17, 15) is 14.2 Å². The third kappa shape index (κ3) is 8.07. The zero-order valence-electron chi connectivity index (χ0n) is 23.1. The first-order chi connectivity index (χ1) is 20.2. The topological polar surface area (TPSA) is 188 Å². The molecule has 15 nitrogen and oxygen atoms in total. The minimum atomic E-state index is -3.94. The highest BCUT2D eigenvalue weighted by molar-refractivity contribution is 7.53. The Kier molecular flexibility index (Phi) is 10.1. The van der Waals surface area contributed by atoms with Gasteiger partial charge in [-0.05, 0) is 24.6 Å². The second-order valence-electron chi connectivity index (χ2n) is 8.73. The van der Waals surface area contributed by atoms with Crippen molar-refractivity contribution in [1.82, 2.24) is 19.5 Å². The van der Waals surface area contributed by atoms with E-state index in [4.69, 9.17) is 38.5 Å². The minimum Gasteiger partial charge on any atom is -0.493 e. The van der Waals surface area contributed by atoms with Crippen molar-refractivity contribution in [3.05, 3.63) is 70.3 Å². The molecule has 0 fully saturated rings. The van der Waals surface area contributed by atoms with Gasteiger partial charge in [0, 0.05) is 12.6 Å². The quantitative estimate of drug-likeness (QED) is 0.0700. The van der Waals surface area contributed by atoms with Crippen LogP contribution in [0, 0.1) is 6.92 Å². The van der Waals surface area contributed by atoms with Crippen LogP contribution in [-0.2, 0) is 36.2 Å². The van der Waals surface area contributed by atoms with E-state index in [-0.39, 0.29) is 42.6 Å². The van der Waals surface area contributed by atoms with Crippen molar-refractivity contribution >= 4 is 30.9 Å². The van der Waals surface area contributed by atoms with Gasteiger partial charge in [-0.15, -0.1) is 0 Å². The number of nitrogens with one attached hydrogen (secondary N) is 1. The first kappa shape index (κ1) is 30.5. The first-order valence-corrected chi connectivity index (χ1v) is 14.2. The summed E-state index contributed by atoms with van der Waals surface area (Å²) < 4.78 is 52.0. The van der Waals surface area contributed by atoms with E-state index < -0.39 is 32.5 Å². The van der Waals surface area contributed by atoms with E-state index in [0.29, 0.717) is 11.5 Å². The van der Waals surface area contributed by atoms with Gasteiger partial charge < -0.3 is 38.5 Å². The molecule has 0 aliphatic rings. The van der Waals surface area contributed by atoms with Crippen molar-refractivity contribution in [2.45, 2.75) is 20.1 Å². The van der Waals surface area contributed by atoms with Crippen LogP contribution in [0.5, 0.6) is 17.2 Å². The summed E-state index contributed by atoms with van der Waals surface area (Å²) in [5.41, 5.74) is 7.35. The Balaban J connectivity index is 1.34. The number of aromatic nitrogens is 4. The van der Waals surface area contributed by atoms with Gasteiger partial charge in [-0.25, -0.2) is 9.78 Å². The van der Waals surface area contributed by atoms with Gasteiger partial charge in [0.2, 0.25) is 12.7 Å². The van der Waals surface area contributed by atoms with Crippen LogP contribution in [-0.4, -0.2) is 59.6 Å². The molecule has 2 aromatic heterocycles. The molecule has 4 rings (SSSR count). The fourth-order valence-electron chi connectivity index (χ4n) is 3.60. The molecule has 224 valence electrons. The first-order valence-electron chi connectivity index (χ1n) is 12.5. The fraction of sp³-hybridized carbons (Fsp3) is 0.308. The van der Waals surface area contributed by atoms with Crippen LogP contribution in [0.4, 0.5) is 10.7 Å². The number of H-pyrrole nitrogens is 1. The maximum absolute atomic E-state index is 13.5. The zero-order valence-corrected chi connectivity index (χ0v) is 24.0.